The van der Waals surface area contributed by atoms with Gasteiger partial charge in [0.2, 0.25) is 17.7 Å². The van der Waals surface area contributed by atoms with Crippen molar-refractivity contribution in [3.05, 3.63) is 82.7 Å². The molecule has 2 fully saturated rings. The summed E-state index contributed by atoms with van der Waals surface area (Å²) < 4.78 is 47.8. The Balaban J connectivity index is 1.23. The standard InChI is InChI=1S/C37H44F3N5O5/c1-2-15-41-35(48)37-18-25(37)10-6-4-3-5-7-12-31(42-19-23-13-14-29(39)30(40)16-23)34(47)45-21-26(17-32(45)33(46)43-37)50-36(49)44-20-24-9-8-11-28(38)27(24)22-44/h6,8-11,13-14,16,25-26,31-32,42H,2-5,7,12,15,17-22H2,1H3,(H,41,48)(H,43,46)/b10-6-/t25-,26-,31+,32+,37-/m1/s1. The van der Waals surface area contributed by atoms with Crippen molar-refractivity contribution in [1.82, 2.24) is 25.8 Å². The molecular weight excluding hydrogens is 651 g/mol. The van der Waals surface area contributed by atoms with Crippen LogP contribution in [0.15, 0.2) is 48.6 Å². The lowest BCUT2D eigenvalue weighted by atomic mass is 10.0. The second-order valence-corrected chi connectivity index (χ2v) is 13.8. The lowest BCUT2D eigenvalue weighted by Gasteiger charge is -2.30. The molecule has 4 aliphatic rings. The van der Waals surface area contributed by atoms with Crippen molar-refractivity contribution in [1.29, 1.82) is 0 Å². The number of amides is 4. The van der Waals surface area contributed by atoms with Crippen LogP contribution >= 0.6 is 0 Å². The van der Waals surface area contributed by atoms with E-state index in [4.69, 9.17) is 4.74 Å². The minimum atomic E-state index is -1.15. The summed E-state index contributed by atoms with van der Waals surface area (Å²) in [6, 6.07) is 6.39. The van der Waals surface area contributed by atoms with Crippen LogP contribution in [0.2, 0.25) is 0 Å². The summed E-state index contributed by atoms with van der Waals surface area (Å²) in [4.78, 5) is 58.0. The lowest BCUT2D eigenvalue weighted by Crippen LogP contribution is -2.57. The molecule has 3 heterocycles. The number of nitrogens with one attached hydrogen (secondary N) is 3. The normalized spacial score (nSPS) is 27.3. The predicted octanol–water partition coefficient (Wildman–Crippen LogP) is 4.61. The van der Waals surface area contributed by atoms with Crippen molar-refractivity contribution in [3.8, 4) is 0 Å². The molecule has 0 unspecified atom stereocenters. The van der Waals surface area contributed by atoms with Gasteiger partial charge in [-0.3, -0.25) is 19.3 Å². The molecular formula is C37H44F3N5O5. The number of ether oxygens (including phenoxy) is 1. The van der Waals surface area contributed by atoms with Gasteiger partial charge in [-0.05, 0) is 61.4 Å². The van der Waals surface area contributed by atoms with E-state index < -0.39 is 59.1 Å². The third-order valence-electron chi connectivity index (χ3n) is 10.2. The van der Waals surface area contributed by atoms with E-state index in [1.54, 1.807) is 12.1 Å². The highest BCUT2D eigenvalue weighted by Gasteiger charge is 2.61. The van der Waals surface area contributed by atoms with E-state index in [9.17, 15) is 32.3 Å². The number of nitrogens with zero attached hydrogens (tertiary/aromatic N) is 2. The maximum absolute atomic E-state index is 14.4. The van der Waals surface area contributed by atoms with Gasteiger partial charge in [0.25, 0.3) is 0 Å². The quantitative estimate of drug-likeness (QED) is 0.365. The highest BCUT2D eigenvalue weighted by atomic mass is 19.2. The third-order valence-corrected chi connectivity index (χ3v) is 10.2. The first-order valence-corrected chi connectivity index (χ1v) is 17.6. The molecule has 5 atom stereocenters. The molecule has 4 amide bonds. The molecule has 0 radical (unpaired) electrons. The first-order valence-electron chi connectivity index (χ1n) is 17.6. The van der Waals surface area contributed by atoms with Crippen LogP contribution < -0.4 is 16.0 Å². The van der Waals surface area contributed by atoms with Crippen LogP contribution in [0.5, 0.6) is 0 Å². The molecule has 50 heavy (non-hydrogen) atoms. The molecule has 2 aromatic rings. The average Bonchev–Trinajstić information content (AvgIpc) is 3.39. The fourth-order valence-corrected chi connectivity index (χ4v) is 7.23. The van der Waals surface area contributed by atoms with Crippen LogP contribution in [-0.4, -0.2) is 70.4 Å². The number of fused-ring (bicyclic) bond motifs is 3. The van der Waals surface area contributed by atoms with Gasteiger partial charge in [-0.15, -0.1) is 0 Å². The minimum Gasteiger partial charge on any atom is -0.444 e. The first-order chi connectivity index (χ1) is 24.1. The molecule has 3 aliphatic heterocycles. The zero-order valence-corrected chi connectivity index (χ0v) is 28.2. The number of allylic oxidation sites excluding steroid dienone is 1. The van der Waals surface area contributed by atoms with Gasteiger partial charge in [-0.25, -0.2) is 18.0 Å². The first kappa shape index (κ1) is 35.4. The topological polar surface area (TPSA) is 120 Å². The number of benzene rings is 2. The number of carbonyl (C=O) groups is 4. The maximum atomic E-state index is 14.4. The molecule has 0 spiro atoms. The summed E-state index contributed by atoms with van der Waals surface area (Å²) in [6.07, 6.45) is 7.23. The second-order valence-electron chi connectivity index (χ2n) is 13.8. The molecule has 268 valence electrons. The zero-order chi connectivity index (χ0) is 35.4. The summed E-state index contributed by atoms with van der Waals surface area (Å²) in [6.45, 7) is 2.61. The van der Waals surface area contributed by atoms with E-state index in [1.807, 2.05) is 19.1 Å². The van der Waals surface area contributed by atoms with Gasteiger partial charge in [0.05, 0.1) is 19.1 Å². The second kappa shape index (κ2) is 15.2. The Morgan fingerprint density at radius 3 is 2.66 bits per heavy atom. The Morgan fingerprint density at radius 1 is 1.04 bits per heavy atom. The summed E-state index contributed by atoms with van der Waals surface area (Å²) in [5.74, 6) is -3.77. The number of rotatable bonds is 7. The predicted molar refractivity (Wildman–Crippen MR) is 178 cm³/mol. The maximum Gasteiger partial charge on any atom is 0.410 e. The molecule has 1 aliphatic carbocycles. The van der Waals surface area contributed by atoms with Gasteiger partial charge in [-0.2, -0.15) is 0 Å². The van der Waals surface area contributed by atoms with Crippen molar-refractivity contribution < 1.29 is 37.1 Å². The summed E-state index contributed by atoms with van der Waals surface area (Å²) in [5, 5.41) is 9.09. The van der Waals surface area contributed by atoms with E-state index in [2.05, 4.69) is 16.0 Å². The third kappa shape index (κ3) is 7.67. The van der Waals surface area contributed by atoms with Crippen LogP contribution in [0.25, 0.3) is 0 Å². The minimum absolute atomic E-state index is 0.00151. The Kier molecular flexibility index (Phi) is 10.8. The summed E-state index contributed by atoms with van der Waals surface area (Å²) >= 11 is 0. The molecule has 0 aromatic heterocycles. The fraction of sp³-hybridized carbons (Fsp3) is 0.514. The summed E-state index contributed by atoms with van der Waals surface area (Å²) in [7, 11) is 0. The van der Waals surface area contributed by atoms with Crippen molar-refractivity contribution in [2.75, 3.05) is 13.1 Å². The molecule has 6 rings (SSSR count). The van der Waals surface area contributed by atoms with Crippen LogP contribution in [0.3, 0.4) is 0 Å². The molecule has 13 heteroatoms. The van der Waals surface area contributed by atoms with Gasteiger partial charge < -0.3 is 25.6 Å². The van der Waals surface area contributed by atoms with E-state index in [0.29, 0.717) is 42.5 Å². The SMILES string of the molecule is CCCNC(=O)[C@@]12C[C@H]1/C=C\CCCCC[C@H](NCc1ccc(F)c(F)c1)C(=O)N1C[C@H](OC(=O)N3Cc4cccc(F)c4C3)C[C@H]1C(=O)N2. The molecule has 3 N–H and O–H groups in total. The van der Waals surface area contributed by atoms with Crippen molar-refractivity contribution in [2.24, 2.45) is 5.92 Å². The van der Waals surface area contributed by atoms with Crippen molar-refractivity contribution in [2.45, 2.75) is 102 Å². The number of hydrogen-bond donors (Lipinski definition) is 3. The largest absolute Gasteiger partial charge is 0.444 e. The van der Waals surface area contributed by atoms with Crippen molar-refractivity contribution >= 4 is 23.8 Å². The van der Waals surface area contributed by atoms with E-state index in [-0.39, 0.29) is 44.4 Å². The smallest absolute Gasteiger partial charge is 0.410 e. The van der Waals surface area contributed by atoms with Gasteiger partial charge in [-0.1, -0.05) is 50.1 Å². The number of halogens is 3. The Labute approximate surface area is 289 Å². The molecule has 0 bridgehead atoms. The zero-order valence-electron chi connectivity index (χ0n) is 28.2. The van der Waals surface area contributed by atoms with Gasteiger partial charge in [0.1, 0.15) is 23.5 Å². The highest BCUT2D eigenvalue weighted by Crippen LogP contribution is 2.45. The lowest BCUT2D eigenvalue weighted by molar-refractivity contribution is -0.141. The number of carbonyl (C=O) groups excluding carboxylic acids is 4. The summed E-state index contributed by atoms with van der Waals surface area (Å²) in [5.41, 5.74) is 0.406. The van der Waals surface area contributed by atoms with Gasteiger partial charge in [0, 0.05) is 37.5 Å². The van der Waals surface area contributed by atoms with Crippen LogP contribution in [-0.2, 0) is 38.8 Å². The molecule has 1 saturated carbocycles. The highest BCUT2D eigenvalue weighted by molar-refractivity contribution is 5.98. The average molecular weight is 696 g/mol. The van der Waals surface area contributed by atoms with Crippen molar-refractivity contribution in [3.63, 3.8) is 0 Å². The monoisotopic (exact) mass is 695 g/mol. The fourth-order valence-electron chi connectivity index (χ4n) is 7.23. The van der Waals surface area contributed by atoms with Gasteiger partial charge in [0.15, 0.2) is 11.6 Å². The molecule has 10 nitrogen and oxygen atoms in total. The van der Waals surface area contributed by atoms with E-state index >= 15 is 0 Å². The Bertz CT molecular complexity index is 1660. The Hall–Kier alpha value is -4.39. The van der Waals surface area contributed by atoms with E-state index in [0.717, 1.165) is 37.8 Å². The van der Waals surface area contributed by atoms with E-state index in [1.165, 1.54) is 21.9 Å². The van der Waals surface area contributed by atoms with Crippen LogP contribution in [0.1, 0.15) is 75.0 Å². The Morgan fingerprint density at radius 2 is 1.88 bits per heavy atom. The van der Waals surface area contributed by atoms with Crippen LogP contribution in [0.4, 0.5) is 18.0 Å². The van der Waals surface area contributed by atoms with Gasteiger partial charge >= 0.3 is 6.09 Å². The molecule has 2 aromatic carbocycles. The number of hydrogen-bond acceptors (Lipinski definition) is 6. The van der Waals surface area contributed by atoms with Crippen LogP contribution in [0, 0.1) is 23.4 Å². The molecule has 1 saturated heterocycles.